The van der Waals surface area contributed by atoms with Gasteiger partial charge in [-0.1, -0.05) is 48.5 Å². The molecule has 0 unspecified atom stereocenters. The molecule has 204 valence electrons. The molecule has 0 radical (unpaired) electrons. The fraction of sp³-hybridized carbons (Fsp3) is 0.258. The first-order valence-corrected chi connectivity index (χ1v) is 13.2. The third kappa shape index (κ3) is 4.43. The topological polar surface area (TPSA) is 104 Å². The number of nitrogens with zero attached hydrogens (tertiary/aromatic N) is 2. The summed E-state index contributed by atoms with van der Waals surface area (Å²) in [6, 6.07) is 19.7. The van der Waals surface area contributed by atoms with Gasteiger partial charge in [0.1, 0.15) is 12.6 Å². The maximum absolute atomic E-state index is 13.8. The molecule has 0 spiro atoms. The van der Waals surface area contributed by atoms with E-state index >= 15 is 0 Å². The molecule has 0 aliphatic carbocycles. The summed E-state index contributed by atoms with van der Waals surface area (Å²) >= 11 is 0. The van der Waals surface area contributed by atoms with Crippen LogP contribution in [0.4, 0.5) is 4.79 Å². The number of carbonyl (C=O) groups excluding carboxylic acids is 3. The molecule has 4 aromatic rings. The first-order chi connectivity index (χ1) is 19.5. The molecule has 2 N–H and O–H groups in total. The van der Waals surface area contributed by atoms with Gasteiger partial charge in [0, 0.05) is 30.1 Å². The van der Waals surface area contributed by atoms with Crippen LogP contribution in [0.25, 0.3) is 10.9 Å². The Morgan fingerprint density at radius 2 is 1.70 bits per heavy atom. The molecule has 4 amide bonds. The average molecular weight is 539 g/mol. The minimum absolute atomic E-state index is 0.300. The monoisotopic (exact) mass is 538 g/mol. The van der Waals surface area contributed by atoms with Gasteiger partial charge in [-0.2, -0.15) is 0 Å². The third-order valence-corrected chi connectivity index (χ3v) is 7.81. The molecule has 6 rings (SSSR count). The number of amides is 4. The number of imide groups is 1. The lowest BCUT2D eigenvalue weighted by Crippen LogP contribution is -2.47. The summed E-state index contributed by atoms with van der Waals surface area (Å²) in [5, 5.41) is 3.78. The van der Waals surface area contributed by atoms with Crippen LogP contribution in [0.1, 0.15) is 28.3 Å². The lowest BCUT2D eigenvalue weighted by Gasteiger charge is -2.38. The van der Waals surface area contributed by atoms with Crippen molar-refractivity contribution in [2.75, 3.05) is 27.3 Å². The molecule has 9 heteroatoms. The number of urea groups is 1. The fourth-order valence-electron chi connectivity index (χ4n) is 5.82. The Morgan fingerprint density at radius 1 is 0.975 bits per heavy atom. The van der Waals surface area contributed by atoms with Gasteiger partial charge >= 0.3 is 6.03 Å². The maximum atomic E-state index is 13.8. The largest absolute Gasteiger partial charge is 0.493 e. The average Bonchev–Trinajstić information content (AvgIpc) is 3.51. The van der Waals surface area contributed by atoms with Crippen molar-refractivity contribution in [2.24, 2.45) is 0 Å². The molecule has 2 aliphatic rings. The number of ether oxygens (including phenoxy) is 2. The highest BCUT2D eigenvalue weighted by atomic mass is 16.5. The van der Waals surface area contributed by atoms with Crippen LogP contribution in [-0.2, 0) is 22.4 Å². The quantitative estimate of drug-likeness (QED) is 0.348. The number of aromatic amines is 1. The van der Waals surface area contributed by atoms with Crippen LogP contribution < -0.4 is 14.8 Å². The summed E-state index contributed by atoms with van der Waals surface area (Å²) in [5.74, 6) is 0.508. The molecule has 9 nitrogen and oxygen atoms in total. The summed E-state index contributed by atoms with van der Waals surface area (Å²) in [6.07, 6.45) is 2.80. The van der Waals surface area contributed by atoms with Crippen LogP contribution in [0, 0.1) is 0 Å². The Kier molecular flexibility index (Phi) is 6.63. The van der Waals surface area contributed by atoms with Crippen molar-refractivity contribution in [2.45, 2.75) is 24.9 Å². The van der Waals surface area contributed by atoms with Crippen molar-refractivity contribution in [3.63, 3.8) is 0 Å². The summed E-state index contributed by atoms with van der Waals surface area (Å²) < 4.78 is 11.1. The second-order valence-corrected chi connectivity index (χ2v) is 10.0. The number of aromatic nitrogens is 1. The van der Waals surface area contributed by atoms with Gasteiger partial charge in [0.25, 0.3) is 5.91 Å². The number of nitrogens with one attached hydrogen (secondary N) is 2. The van der Waals surface area contributed by atoms with Gasteiger partial charge in [-0.25, -0.2) is 4.79 Å². The van der Waals surface area contributed by atoms with Crippen LogP contribution in [0.2, 0.25) is 0 Å². The van der Waals surface area contributed by atoms with E-state index in [1.165, 1.54) is 0 Å². The predicted molar refractivity (Wildman–Crippen MR) is 149 cm³/mol. The van der Waals surface area contributed by atoms with Gasteiger partial charge in [-0.3, -0.25) is 14.5 Å². The number of hydrogen-bond acceptors (Lipinski definition) is 5. The molecule has 1 aromatic heterocycles. The van der Waals surface area contributed by atoms with Crippen LogP contribution in [0.3, 0.4) is 0 Å². The highest BCUT2D eigenvalue weighted by molar-refractivity contribution is 6.07. The van der Waals surface area contributed by atoms with E-state index in [-0.39, 0.29) is 12.5 Å². The van der Waals surface area contributed by atoms with Crippen LogP contribution >= 0.6 is 0 Å². The molecule has 3 heterocycles. The van der Waals surface area contributed by atoms with Crippen molar-refractivity contribution < 1.29 is 23.9 Å². The van der Waals surface area contributed by atoms with E-state index in [0.29, 0.717) is 30.9 Å². The number of methoxy groups -OCH3 is 2. The van der Waals surface area contributed by atoms with E-state index in [9.17, 15) is 14.4 Å². The number of H-pyrrole nitrogens is 1. The van der Waals surface area contributed by atoms with Gasteiger partial charge in [-0.15, -0.1) is 0 Å². The Balaban J connectivity index is 1.25. The number of carbonyl (C=O) groups is 3. The standard InChI is InChI=1S/C31H30N4O5/c1-39-26-15-20-12-13-34(29(19-8-4-3-5-9-19)23(20)16-27(26)40-2)28(36)18-35-30(37)25(33-31(35)38)14-21-17-32-24-11-7-6-10-22(21)24/h3-11,15-17,25,29,32H,12-14,18H2,1-2H3,(H,33,38)/t25-,29-/m0/s1. The van der Waals surface area contributed by atoms with E-state index < -0.39 is 24.0 Å². The molecule has 1 fully saturated rings. The van der Waals surface area contributed by atoms with E-state index in [1.54, 1.807) is 19.1 Å². The fourth-order valence-corrected chi connectivity index (χ4v) is 5.82. The molecular weight excluding hydrogens is 508 g/mol. The second-order valence-electron chi connectivity index (χ2n) is 10.0. The Labute approximate surface area is 231 Å². The molecule has 0 saturated carbocycles. The van der Waals surface area contributed by atoms with Crippen molar-refractivity contribution in [3.05, 3.63) is 95.2 Å². The third-order valence-electron chi connectivity index (χ3n) is 7.81. The molecule has 2 aliphatic heterocycles. The number of hydrogen-bond donors (Lipinski definition) is 2. The zero-order chi connectivity index (χ0) is 27.8. The number of para-hydroxylation sites is 1. The second kappa shape index (κ2) is 10.4. The molecule has 1 saturated heterocycles. The summed E-state index contributed by atoms with van der Waals surface area (Å²) in [4.78, 5) is 46.0. The highest BCUT2D eigenvalue weighted by Gasteiger charge is 2.41. The van der Waals surface area contributed by atoms with Crippen molar-refractivity contribution >= 4 is 28.7 Å². The minimum atomic E-state index is -0.733. The van der Waals surface area contributed by atoms with E-state index in [1.807, 2.05) is 72.9 Å². The van der Waals surface area contributed by atoms with E-state index in [2.05, 4.69) is 10.3 Å². The minimum Gasteiger partial charge on any atom is -0.493 e. The summed E-state index contributed by atoms with van der Waals surface area (Å²) in [6.45, 7) is 0.101. The molecular formula is C31H30N4O5. The number of fused-ring (bicyclic) bond motifs is 2. The lowest BCUT2D eigenvalue weighted by molar-refractivity contribution is -0.138. The van der Waals surface area contributed by atoms with Gasteiger partial charge in [0.2, 0.25) is 5.91 Å². The smallest absolute Gasteiger partial charge is 0.325 e. The molecule has 0 bridgehead atoms. The van der Waals surface area contributed by atoms with E-state index in [0.717, 1.165) is 38.1 Å². The highest BCUT2D eigenvalue weighted by Crippen LogP contribution is 2.41. The lowest BCUT2D eigenvalue weighted by atomic mass is 9.87. The summed E-state index contributed by atoms with van der Waals surface area (Å²) in [7, 11) is 3.18. The van der Waals surface area contributed by atoms with Crippen LogP contribution in [-0.4, -0.2) is 66.0 Å². The SMILES string of the molecule is COc1cc2c(cc1OC)[C@H](c1ccccc1)N(C(=O)CN1C(=O)N[C@@H](Cc3c[nH]c4ccccc34)C1=O)CC2. The number of benzene rings is 3. The normalized spacial score (nSPS) is 18.6. The van der Waals surface area contributed by atoms with Crippen molar-refractivity contribution in [1.82, 2.24) is 20.1 Å². The predicted octanol–water partition coefficient (Wildman–Crippen LogP) is 3.82. The van der Waals surface area contributed by atoms with Crippen molar-refractivity contribution in [1.29, 1.82) is 0 Å². The summed E-state index contributed by atoms with van der Waals surface area (Å²) in [5.41, 5.74) is 4.82. The van der Waals surface area contributed by atoms with Gasteiger partial charge < -0.3 is 24.7 Å². The van der Waals surface area contributed by atoms with Crippen molar-refractivity contribution in [3.8, 4) is 11.5 Å². The Morgan fingerprint density at radius 3 is 2.48 bits per heavy atom. The molecule has 3 aromatic carbocycles. The molecule has 40 heavy (non-hydrogen) atoms. The first kappa shape index (κ1) is 25.5. The Bertz CT molecular complexity index is 1600. The van der Waals surface area contributed by atoms with Crippen LogP contribution in [0.15, 0.2) is 72.9 Å². The zero-order valence-corrected chi connectivity index (χ0v) is 22.3. The zero-order valence-electron chi connectivity index (χ0n) is 22.3. The van der Waals surface area contributed by atoms with Gasteiger partial charge in [0.15, 0.2) is 11.5 Å². The number of rotatable bonds is 7. The first-order valence-electron chi connectivity index (χ1n) is 13.2. The van der Waals surface area contributed by atoms with Gasteiger partial charge in [0.05, 0.1) is 20.3 Å². The maximum Gasteiger partial charge on any atom is 0.325 e. The Hall–Kier alpha value is -4.79. The van der Waals surface area contributed by atoms with Crippen LogP contribution in [0.5, 0.6) is 11.5 Å². The molecule has 2 atom stereocenters. The van der Waals surface area contributed by atoms with Gasteiger partial charge in [-0.05, 0) is 46.9 Å². The van der Waals surface area contributed by atoms with E-state index in [4.69, 9.17) is 9.47 Å².